The molecule has 0 saturated carbocycles. The van der Waals surface area contributed by atoms with Crippen molar-refractivity contribution in [2.45, 2.75) is 36.1 Å². The molecule has 4 rings (SSSR count). The summed E-state index contributed by atoms with van der Waals surface area (Å²) in [5.74, 6) is -2.16. The normalized spacial score (nSPS) is 16.1. The number of fused-ring (bicyclic) bond motifs is 1. The Balaban J connectivity index is 1.84. The molecular weight excluding hydrogens is 600 g/mol. The lowest BCUT2D eigenvalue weighted by Gasteiger charge is -2.30. The summed E-state index contributed by atoms with van der Waals surface area (Å²) in [5, 5.41) is 3.16. The van der Waals surface area contributed by atoms with Crippen molar-refractivity contribution in [3.63, 3.8) is 0 Å². The number of carbonyl (C=O) groups is 1. The quantitative estimate of drug-likeness (QED) is 0.282. The van der Waals surface area contributed by atoms with Gasteiger partial charge in [0.1, 0.15) is 18.2 Å². The molecule has 1 atom stereocenters. The maximum Gasteiger partial charge on any atom is 0.492 e. The molecule has 1 aromatic heterocycles. The van der Waals surface area contributed by atoms with Crippen molar-refractivity contribution in [2.24, 2.45) is 0 Å². The van der Waals surface area contributed by atoms with Gasteiger partial charge in [-0.25, -0.2) is 23.2 Å². The van der Waals surface area contributed by atoms with Crippen LogP contribution in [0.15, 0.2) is 41.6 Å². The molecule has 2 heterocycles. The summed E-state index contributed by atoms with van der Waals surface area (Å²) in [6.07, 6.45) is -8.98. The van der Waals surface area contributed by atoms with Gasteiger partial charge in [-0.3, -0.25) is 0 Å². The molecule has 1 saturated heterocycles. The first-order chi connectivity index (χ1) is 19.6. The Morgan fingerprint density at radius 2 is 1.71 bits per heavy atom. The van der Waals surface area contributed by atoms with Gasteiger partial charge in [0.25, 0.3) is 10.0 Å². The molecule has 1 N–H and O–H groups in total. The minimum Gasteiger partial charge on any atom is -0.493 e. The summed E-state index contributed by atoms with van der Waals surface area (Å²) >= 11 is 0. The molecule has 228 valence electrons. The number of nitrogens with zero attached hydrogens (tertiary/aromatic N) is 4. The zero-order valence-electron chi connectivity index (χ0n) is 22.1. The fraction of sp³-hybridized carbons (Fsp3) is 0.375. The largest absolute Gasteiger partial charge is 0.493 e. The van der Waals surface area contributed by atoms with Gasteiger partial charge in [0.15, 0.2) is 11.5 Å². The van der Waals surface area contributed by atoms with Crippen LogP contribution in [0.25, 0.3) is 10.9 Å². The van der Waals surface area contributed by atoms with Crippen LogP contribution in [0.1, 0.15) is 12.8 Å². The number of nitrogens with one attached hydrogen (secondary N) is 1. The molecular formula is C24H23F6N5O6S. The average Bonchev–Trinajstić information content (AvgIpc) is 3.42. The van der Waals surface area contributed by atoms with Crippen LogP contribution in [-0.2, 0) is 19.7 Å². The first-order valence-corrected chi connectivity index (χ1v) is 13.4. The predicted octanol–water partition coefficient (Wildman–Crippen LogP) is 4.56. The number of sulfonamides is 1. The van der Waals surface area contributed by atoms with Crippen LogP contribution < -0.4 is 19.7 Å². The van der Waals surface area contributed by atoms with Gasteiger partial charge in [0, 0.05) is 25.0 Å². The summed E-state index contributed by atoms with van der Waals surface area (Å²) in [5.41, 5.74) is 0.0946. The summed E-state index contributed by atoms with van der Waals surface area (Å²) in [6, 6.07) is 4.00. The van der Waals surface area contributed by atoms with Gasteiger partial charge in [-0.15, -0.1) is 0 Å². The molecule has 1 aliphatic rings. The van der Waals surface area contributed by atoms with Crippen molar-refractivity contribution in [3.8, 4) is 11.5 Å². The topological polar surface area (TPSA) is 123 Å². The Kier molecular flexibility index (Phi) is 8.32. The first kappa shape index (κ1) is 30.9. The number of carbonyl (C=O) groups excluding carboxylic acids is 1. The number of anilines is 3. The molecule has 0 amide bonds. The third-order valence-electron chi connectivity index (χ3n) is 6.38. The van der Waals surface area contributed by atoms with E-state index in [1.807, 2.05) is 0 Å². The third-order valence-corrected chi connectivity index (χ3v) is 7.98. The lowest BCUT2D eigenvalue weighted by atomic mass is 10.1. The Morgan fingerprint density at radius 3 is 2.33 bits per heavy atom. The molecule has 0 radical (unpaired) electrons. The minimum absolute atomic E-state index is 0.0242. The molecule has 0 bridgehead atoms. The standard InChI is InChI=1S/C24H23F6N5O6S/c1-34(41-22(36)24(28,29)30)42(37,38)13-6-7-17(35-8-4-5-20(35)23(25,26)27)16(9-13)33-21-14-10-18(39-2)19(40-3)11-15(14)31-12-32-21/h6-7,9-12,20H,4-5,8H2,1-3H3,(H,31,32,33)/t20-/m1/s1. The van der Waals surface area contributed by atoms with Crippen molar-refractivity contribution in [3.05, 3.63) is 36.7 Å². The second-order valence-electron chi connectivity index (χ2n) is 8.93. The van der Waals surface area contributed by atoms with Crippen molar-refractivity contribution in [1.82, 2.24) is 14.4 Å². The third kappa shape index (κ3) is 6.08. The fourth-order valence-electron chi connectivity index (χ4n) is 4.40. The number of benzene rings is 2. The van der Waals surface area contributed by atoms with Gasteiger partial charge >= 0.3 is 18.3 Å². The lowest BCUT2D eigenvalue weighted by molar-refractivity contribution is -0.219. The number of aromatic nitrogens is 2. The van der Waals surface area contributed by atoms with E-state index < -0.39 is 39.3 Å². The number of methoxy groups -OCH3 is 2. The SMILES string of the molecule is COc1cc2ncnc(Nc3cc(S(=O)(=O)N(C)OC(=O)C(F)(F)F)ccc3N3CCC[C@@H]3C(F)(F)F)c2cc1OC. The van der Waals surface area contributed by atoms with E-state index in [-0.39, 0.29) is 46.8 Å². The molecule has 0 spiro atoms. The Bertz CT molecular complexity index is 1600. The predicted molar refractivity (Wildman–Crippen MR) is 136 cm³/mol. The van der Waals surface area contributed by atoms with Crippen molar-refractivity contribution < 1.29 is 53.9 Å². The molecule has 0 unspecified atom stereocenters. The highest BCUT2D eigenvalue weighted by Crippen LogP contribution is 2.42. The number of hydroxylamine groups is 1. The van der Waals surface area contributed by atoms with E-state index in [4.69, 9.17) is 9.47 Å². The first-order valence-electron chi connectivity index (χ1n) is 12.0. The summed E-state index contributed by atoms with van der Waals surface area (Å²) < 4.78 is 116. The van der Waals surface area contributed by atoms with Gasteiger partial charge < -0.3 is 24.5 Å². The molecule has 2 aromatic carbocycles. The number of alkyl halides is 6. The van der Waals surface area contributed by atoms with E-state index in [2.05, 4.69) is 20.1 Å². The summed E-state index contributed by atoms with van der Waals surface area (Å²) in [7, 11) is -1.57. The van der Waals surface area contributed by atoms with E-state index in [0.717, 1.165) is 29.4 Å². The molecule has 42 heavy (non-hydrogen) atoms. The molecule has 1 aliphatic heterocycles. The van der Waals surface area contributed by atoms with E-state index in [1.54, 1.807) is 0 Å². The number of halogens is 6. The molecule has 3 aromatic rings. The van der Waals surface area contributed by atoms with Crippen LogP contribution in [0, 0.1) is 0 Å². The zero-order valence-corrected chi connectivity index (χ0v) is 22.9. The second kappa shape index (κ2) is 11.3. The average molecular weight is 624 g/mol. The van der Waals surface area contributed by atoms with Crippen molar-refractivity contribution in [2.75, 3.05) is 38.0 Å². The number of hydrogen-bond acceptors (Lipinski definition) is 10. The second-order valence-corrected chi connectivity index (χ2v) is 10.9. The zero-order chi connectivity index (χ0) is 31.0. The number of hydrogen-bond donors (Lipinski definition) is 1. The molecule has 0 aliphatic carbocycles. The van der Waals surface area contributed by atoms with E-state index in [0.29, 0.717) is 23.7 Å². The number of rotatable bonds is 8. The van der Waals surface area contributed by atoms with Crippen LogP contribution in [0.4, 0.5) is 43.5 Å². The van der Waals surface area contributed by atoms with Crippen LogP contribution in [0.3, 0.4) is 0 Å². The maximum atomic E-state index is 13.9. The van der Waals surface area contributed by atoms with Gasteiger partial charge in [-0.1, -0.05) is 0 Å². The molecule has 1 fully saturated rings. The highest BCUT2D eigenvalue weighted by Gasteiger charge is 2.47. The lowest BCUT2D eigenvalue weighted by Crippen LogP contribution is -2.41. The number of ether oxygens (including phenoxy) is 2. The Labute approximate surface area is 235 Å². The van der Waals surface area contributed by atoms with E-state index >= 15 is 0 Å². The van der Waals surface area contributed by atoms with Crippen molar-refractivity contribution >= 4 is 44.1 Å². The summed E-state index contributed by atoms with van der Waals surface area (Å²) in [4.78, 5) is 23.8. The highest BCUT2D eigenvalue weighted by atomic mass is 32.2. The Morgan fingerprint density at radius 1 is 1.05 bits per heavy atom. The molecule has 11 nitrogen and oxygen atoms in total. The van der Waals surface area contributed by atoms with Gasteiger partial charge in [-0.2, -0.15) is 26.3 Å². The van der Waals surface area contributed by atoms with Crippen LogP contribution in [-0.4, -0.2) is 75.0 Å². The summed E-state index contributed by atoms with van der Waals surface area (Å²) in [6.45, 7) is -0.0242. The van der Waals surface area contributed by atoms with Gasteiger partial charge in [0.2, 0.25) is 0 Å². The Hall–Kier alpha value is -4.06. The maximum absolute atomic E-state index is 13.9. The molecule has 18 heteroatoms. The van der Waals surface area contributed by atoms with Gasteiger partial charge in [0.05, 0.1) is 36.0 Å². The van der Waals surface area contributed by atoms with E-state index in [9.17, 15) is 39.6 Å². The fourth-order valence-corrected chi connectivity index (χ4v) is 5.37. The van der Waals surface area contributed by atoms with Crippen molar-refractivity contribution in [1.29, 1.82) is 0 Å². The smallest absolute Gasteiger partial charge is 0.492 e. The van der Waals surface area contributed by atoms with Gasteiger partial charge in [-0.05, 0) is 41.6 Å². The minimum atomic E-state index is -5.49. The highest BCUT2D eigenvalue weighted by molar-refractivity contribution is 7.89. The van der Waals surface area contributed by atoms with Crippen LogP contribution >= 0.6 is 0 Å². The monoisotopic (exact) mass is 623 g/mol. The van der Waals surface area contributed by atoms with Crippen LogP contribution in [0.5, 0.6) is 11.5 Å². The van der Waals surface area contributed by atoms with E-state index in [1.165, 1.54) is 26.4 Å². The van der Waals surface area contributed by atoms with Crippen LogP contribution in [0.2, 0.25) is 0 Å².